The van der Waals surface area contributed by atoms with Crippen LogP contribution in [0.3, 0.4) is 0 Å². The smallest absolute Gasteiger partial charge is 0.0866 e. The molecule has 0 aliphatic carbocycles. The monoisotopic (exact) mass is 197 g/mol. The zero-order chi connectivity index (χ0) is 10.8. The van der Waals surface area contributed by atoms with E-state index in [2.05, 4.69) is 36.6 Å². The molecule has 0 rings (SSSR count). The molecule has 0 N–H and O–H groups in total. The van der Waals surface area contributed by atoms with Gasteiger partial charge in [-0.3, -0.25) is 4.90 Å². The normalized spacial score (nSPS) is 10.9. The molecule has 0 aromatic rings. The van der Waals surface area contributed by atoms with Gasteiger partial charge in [0.25, 0.3) is 0 Å². The SMILES string of the molecule is CCCN(CC#N)CCN(CC)CC. The fourth-order valence-corrected chi connectivity index (χ4v) is 1.51. The first-order valence-corrected chi connectivity index (χ1v) is 5.60. The first kappa shape index (κ1) is 13.4. The van der Waals surface area contributed by atoms with Crippen LogP contribution >= 0.6 is 0 Å². The minimum atomic E-state index is 0.565. The summed E-state index contributed by atoms with van der Waals surface area (Å²) in [6, 6.07) is 2.22. The van der Waals surface area contributed by atoms with Gasteiger partial charge in [-0.05, 0) is 26.1 Å². The lowest BCUT2D eigenvalue weighted by molar-refractivity contribution is 0.229. The van der Waals surface area contributed by atoms with Crippen molar-refractivity contribution < 1.29 is 0 Å². The molecule has 0 saturated heterocycles. The van der Waals surface area contributed by atoms with Crippen molar-refractivity contribution in [2.45, 2.75) is 27.2 Å². The average Bonchev–Trinajstić information content (AvgIpc) is 2.20. The summed E-state index contributed by atoms with van der Waals surface area (Å²) in [7, 11) is 0. The zero-order valence-corrected chi connectivity index (χ0v) is 9.79. The summed E-state index contributed by atoms with van der Waals surface area (Å²) in [5.74, 6) is 0. The highest BCUT2D eigenvalue weighted by Crippen LogP contribution is 1.93. The summed E-state index contributed by atoms with van der Waals surface area (Å²) in [6.45, 7) is 12.4. The molecule has 0 aliphatic heterocycles. The van der Waals surface area contributed by atoms with Crippen LogP contribution in [-0.2, 0) is 0 Å². The summed E-state index contributed by atoms with van der Waals surface area (Å²) in [5, 5.41) is 8.64. The first-order chi connectivity index (χ1) is 6.78. The molecule has 0 unspecified atom stereocenters. The number of nitriles is 1. The van der Waals surface area contributed by atoms with Crippen LogP contribution in [0.25, 0.3) is 0 Å². The van der Waals surface area contributed by atoms with E-state index < -0.39 is 0 Å². The summed E-state index contributed by atoms with van der Waals surface area (Å²) in [4.78, 5) is 4.61. The number of hydrogen-bond donors (Lipinski definition) is 0. The lowest BCUT2D eigenvalue weighted by Gasteiger charge is -2.23. The number of nitrogens with zero attached hydrogens (tertiary/aromatic N) is 3. The van der Waals surface area contributed by atoms with E-state index in [0.29, 0.717) is 6.54 Å². The molecule has 0 heterocycles. The molecule has 82 valence electrons. The summed E-state index contributed by atoms with van der Waals surface area (Å²) in [6.07, 6.45) is 1.12. The van der Waals surface area contributed by atoms with Gasteiger partial charge in [-0.15, -0.1) is 0 Å². The fraction of sp³-hybridized carbons (Fsp3) is 0.909. The highest BCUT2D eigenvalue weighted by molar-refractivity contribution is 4.76. The first-order valence-electron chi connectivity index (χ1n) is 5.60. The van der Waals surface area contributed by atoms with Gasteiger partial charge >= 0.3 is 0 Å². The molecule has 0 radical (unpaired) electrons. The van der Waals surface area contributed by atoms with E-state index in [9.17, 15) is 0 Å². The van der Waals surface area contributed by atoms with Crippen molar-refractivity contribution in [1.29, 1.82) is 5.26 Å². The van der Waals surface area contributed by atoms with E-state index in [1.54, 1.807) is 0 Å². The minimum Gasteiger partial charge on any atom is -0.303 e. The molecule has 0 spiro atoms. The van der Waals surface area contributed by atoms with Crippen LogP contribution in [0.4, 0.5) is 0 Å². The van der Waals surface area contributed by atoms with Gasteiger partial charge in [0.15, 0.2) is 0 Å². The molecule has 0 atom stereocenters. The summed E-state index contributed by atoms with van der Waals surface area (Å²) >= 11 is 0. The van der Waals surface area contributed by atoms with Crippen molar-refractivity contribution in [1.82, 2.24) is 9.80 Å². The van der Waals surface area contributed by atoms with Gasteiger partial charge in [0.2, 0.25) is 0 Å². The van der Waals surface area contributed by atoms with Gasteiger partial charge in [-0.2, -0.15) is 5.26 Å². The molecule has 3 heteroatoms. The minimum absolute atomic E-state index is 0.565. The Labute approximate surface area is 88.3 Å². The molecule has 0 bridgehead atoms. The Morgan fingerprint density at radius 3 is 1.93 bits per heavy atom. The third kappa shape index (κ3) is 5.95. The number of hydrogen-bond acceptors (Lipinski definition) is 3. The predicted molar refractivity (Wildman–Crippen MR) is 60.1 cm³/mol. The van der Waals surface area contributed by atoms with Crippen molar-refractivity contribution >= 4 is 0 Å². The van der Waals surface area contributed by atoms with Crippen molar-refractivity contribution in [3.05, 3.63) is 0 Å². The Balaban J connectivity index is 3.74. The molecule has 14 heavy (non-hydrogen) atoms. The van der Waals surface area contributed by atoms with E-state index >= 15 is 0 Å². The summed E-state index contributed by atoms with van der Waals surface area (Å²) in [5.41, 5.74) is 0. The maximum atomic E-state index is 8.64. The maximum Gasteiger partial charge on any atom is 0.0866 e. The van der Waals surface area contributed by atoms with E-state index in [4.69, 9.17) is 5.26 Å². The lowest BCUT2D eigenvalue weighted by Crippen LogP contribution is -2.35. The highest BCUT2D eigenvalue weighted by Gasteiger charge is 2.05. The van der Waals surface area contributed by atoms with Crippen LogP contribution in [0.5, 0.6) is 0 Å². The molecule has 3 nitrogen and oxygen atoms in total. The van der Waals surface area contributed by atoms with Gasteiger partial charge in [0.1, 0.15) is 0 Å². The van der Waals surface area contributed by atoms with Crippen LogP contribution in [0, 0.1) is 11.3 Å². The molecule has 0 amide bonds. The Hall–Kier alpha value is -0.590. The predicted octanol–water partition coefficient (Wildman–Crippen LogP) is 1.56. The Bertz CT molecular complexity index is 158. The zero-order valence-electron chi connectivity index (χ0n) is 9.79. The summed E-state index contributed by atoms with van der Waals surface area (Å²) < 4.78 is 0. The highest BCUT2D eigenvalue weighted by atomic mass is 15.2. The molecule has 0 fully saturated rings. The van der Waals surface area contributed by atoms with Crippen molar-refractivity contribution in [3.63, 3.8) is 0 Å². The Morgan fingerprint density at radius 1 is 0.929 bits per heavy atom. The van der Waals surface area contributed by atoms with Crippen LogP contribution in [0.2, 0.25) is 0 Å². The quantitative estimate of drug-likeness (QED) is 0.553. The van der Waals surface area contributed by atoms with Gasteiger partial charge in [-0.25, -0.2) is 0 Å². The van der Waals surface area contributed by atoms with Crippen LogP contribution in [0.1, 0.15) is 27.2 Å². The van der Waals surface area contributed by atoms with Gasteiger partial charge in [0.05, 0.1) is 12.6 Å². The maximum absolute atomic E-state index is 8.64. The lowest BCUT2D eigenvalue weighted by atomic mass is 10.3. The second kappa shape index (κ2) is 8.98. The number of likely N-dealkylation sites (N-methyl/N-ethyl adjacent to an activating group) is 1. The van der Waals surface area contributed by atoms with Crippen molar-refractivity contribution in [3.8, 4) is 6.07 Å². The number of rotatable bonds is 8. The molecule has 0 saturated carbocycles. The molecular formula is C11H23N3. The largest absolute Gasteiger partial charge is 0.303 e. The standard InChI is InChI=1S/C11H23N3/c1-4-8-14(9-7-12)11-10-13(5-2)6-3/h4-6,8-11H2,1-3H3. The van der Waals surface area contributed by atoms with Gasteiger partial charge in [-0.1, -0.05) is 20.8 Å². The van der Waals surface area contributed by atoms with Crippen LogP contribution in [0.15, 0.2) is 0 Å². The topological polar surface area (TPSA) is 30.3 Å². The van der Waals surface area contributed by atoms with E-state index in [1.807, 2.05) is 0 Å². The van der Waals surface area contributed by atoms with Crippen LogP contribution < -0.4 is 0 Å². The molecule has 0 aliphatic rings. The fourth-order valence-electron chi connectivity index (χ4n) is 1.51. The van der Waals surface area contributed by atoms with E-state index in [1.165, 1.54) is 0 Å². The van der Waals surface area contributed by atoms with Gasteiger partial charge < -0.3 is 4.90 Å². The Morgan fingerprint density at radius 2 is 1.50 bits per heavy atom. The van der Waals surface area contributed by atoms with Crippen LogP contribution in [-0.4, -0.2) is 49.1 Å². The molecule has 0 aromatic heterocycles. The average molecular weight is 197 g/mol. The third-order valence-corrected chi connectivity index (χ3v) is 2.46. The third-order valence-electron chi connectivity index (χ3n) is 2.46. The second-order valence-corrected chi connectivity index (χ2v) is 3.46. The van der Waals surface area contributed by atoms with Crippen molar-refractivity contribution in [2.24, 2.45) is 0 Å². The molecule has 0 aromatic carbocycles. The van der Waals surface area contributed by atoms with Gasteiger partial charge in [0, 0.05) is 13.1 Å². The molecular weight excluding hydrogens is 174 g/mol. The van der Waals surface area contributed by atoms with E-state index in [0.717, 1.165) is 39.1 Å². The van der Waals surface area contributed by atoms with E-state index in [-0.39, 0.29) is 0 Å². The van der Waals surface area contributed by atoms with Crippen molar-refractivity contribution in [2.75, 3.05) is 39.3 Å². The Kier molecular flexibility index (Phi) is 8.61. The second-order valence-electron chi connectivity index (χ2n) is 3.46.